The molecule has 2 aromatic rings. The van der Waals surface area contributed by atoms with Gasteiger partial charge in [-0.1, -0.05) is 40.2 Å². The zero-order valence-electron chi connectivity index (χ0n) is 12.2. The first kappa shape index (κ1) is 14.6. The fourth-order valence-corrected chi connectivity index (χ4v) is 2.96. The fraction of sp³-hybridized carbons (Fsp3) is 0.333. The molecule has 0 bridgehead atoms. The molecule has 110 valence electrons. The molecule has 0 saturated heterocycles. The first-order valence-corrected chi connectivity index (χ1v) is 8.25. The van der Waals surface area contributed by atoms with E-state index in [9.17, 15) is 0 Å². The van der Waals surface area contributed by atoms with Crippen LogP contribution in [0.5, 0.6) is 5.75 Å². The molecule has 1 N–H and O–H groups in total. The largest absolute Gasteiger partial charge is 0.493 e. The smallest absolute Gasteiger partial charge is 0.122 e. The van der Waals surface area contributed by atoms with Crippen LogP contribution in [0.15, 0.2) is 46.9 Å². The molecule has 3 heteroatoms. The summed E-state index contributed by atoms with van der Waals surface area (Å²) in [7, 11) is 0. The van der Waals surface area contributed by atoms with Crippen molar-refractivity contribution in [2.24, 2.45) is 0 Å². The molecule has 0 aliphatic carbocycles. The highest BCUT2D eigenvalue weighted by molar-refractivity contribution is 9.10. The van der Waals surface area contributed by atoms with E-state index >= 15 is 0 Å². The van der Waals surface area contributed by atoms with Crippen LogP contribution in [-0.4, -0.2) is 13.2 Å². The molecule has 3 rings (SSSR count). The van der Waals surface area contributed by atoms with E-state index in [1.807, 2.05) is 0 Å². The zero-order chi connectivity index (χ0) is 14.7. The van der Waals surface area contributed by atoms with Crippen LogP contribution in [0.1, 0.15) is 29.7 Å². The Hall–Kier alpha value is -1.32. The van der Waals surface area contributed by atoms with E-state index in [4.69, 9.17) is 4.74 Å². The summed E-state index contributed by atoms with van der Waals surface area (Å²) in [6.07, 6.45) is 2.10. The maximum Gasteiger partial charge on any atom is 0.122 e. The van der Waals surface area contributed by atoms with Gasteiger partial charge in [0.2, 0.25) is 0 Å². The number of hydrogen-bond donors (Lipinski definition) is 1. The van der Waals surface area contributed by atoms with Crippen LogP contribution in [-0.2, 0) is 12.8 Å². The molecule has 0 amide bonds. The molecule has 0 radical (unpaired) electrons. The quantitative estimate of drug-likeness (QED) is 0.873. The van der Waals surface area contributed by atoms with Crippen molar-refractivity contribution < 1.29 is 4.74 Å². The van der Waals surface area contributed by atoms with Crippen molar-refractivity contribution >= 4 is 15.9 Å². The summed E-state index contributed by atoms with van der Waals surface area (Å²) in [6.45, 7) is 4.02. The summed E-state index contributed by atoms with van der Waals surface area (Å²) in [5, 5.41) is 3.59. The van der Waals surface area contributed by atoms with Crippen molar-refractivity contribution in [1.29, 1.82) is 0 Å². The van der Waals surface area contributed by atoms with E-state index in [0.29, 0.717) is 6.04 Å². The zero-order valence-corrected chi connectivity index (χ0v) is 13.8. The molecule has 0 spiro atoms. The van der Waals surface area contributed by atoms with Gasteiger partial charge in [-0.2, -0.15) is 0 Å². The second kappa shape index (κ2) is 6.63. The highest BCUT2D eigenvalue weighted by atomic mass is 79.9. The van der Waals surface area contributed by atoms with Crippen LogP contribution in [0.2, 0.25) is 0 Å². The molecule has 2 nitrogen and oxygen atoms in total. The maximum absolute atomic E-state index is 5.54. The van der Waals surface area contributed by atoms with Gasteiger partial charge < -0.3 is 10.1 Å². The molecule has 1 unspecified atom stereocenters. The van der Waals surface area contributed by atoms with Crippen LogP contribution in [0.25, 0.3) is 0 Å². The molecular formula is C18H20BrNO. The van der Waals surface area contributed by atoms with Crippen molar-refractivity contribution in [1.82, 2.24) is 5.32 Å². The summed E-state index contributed by atoms with van der Waals surface area (Å²) in [5.41, 5.74) is 4.06. The van der Waals surface area contributed by atoms with Crippen molar-refractivity contribution in [3.05, 3.63) is 63.6 Å². The van der Waals surface area contributed by atoms with Crippen LogP contribution < -0.4 is 10.1 Å². The van der Waals surface area contributed by atoms with Gasteiger partial charge in [-0.3, -0.25) is 0 Å². The summed E-state index contributed by atoms with van der Waals surface area (Å²) in [6, 6.07) is 15.4. The third kappa shape index (κ3) is 3.66. The first-order chi connectivity index (χ1) is 10.2. The van der Waals surface area contributed by atoms with E-state index in [1.54, 1.807) is 0 Å². The lowest BCUT2D eigenvalue weighted by molar-refractivity contribution is 0.357. The minimum Gasteiger partial charge on any atom is -0.493 e. The molecule has 0 aromatic heterocycles. The van der Waals surface area contributed by atoms with Crippen molar-refractivity contribution in [2.75, 3.05) is 13.2 Å². The average Bonchev–Trinajstić information content (AvgIpc) is 2.95. The number of nitrogens with one attached hydrogen (secondary N) is 1. The Morgan fingerprint density at radius 2 is 2.00 bits per heavy atom. The van der Waals surface area contributed by atoms with Crippen molar-refractivity contribution in [2.45, 2.75) is 25.8 Å². The van der Waals surface area contributed by atoms with Gasteiger partial charge in [-0.05, 0) is 54.8 Å². The molecule has 1 atom stereocenters. The Bertz CT molecular complexity index is 609. The fourth-order valence-electron chi connectivity index (χ4n) is 2.70. The lowest BCUT2D eigenvalue weighted by atomic mass is 10.1. The topological polar surface area (TPSA) is 21.3 Å². The molecular weight excluding hydrogens is 326 g/mol. The predicted octanol–water partition coefficient (Wildman–Crippen LogP) is 4.28. The van der Waals surface area contributed by atoms with Crippen molar-refractivity contribution in [3.63, 3.8) is 0 Å². The molecule has 21 heavy (non-hydrogen) atoms. The van der Waals surface area contributed by atoms with Crippen LogP contribution in [0.3, 0.4) is 0 Å². The van der Waals surface area contributed by atoms with Gasteiger partial charge in [0.1, 0.15) is 5.75 Å². The number of benzene rings is 2. The molecule has 1 aliphatic heterocycles. The van der Waals surface area contributed by atoms with E-state index in [1.165, 1.54) is 16.7 Å². The lowest BCUT2D eigenvalue weighted by Gasteiger charge is -2.14. The molecule has 2 aromatic carbocycles. The van der Waals surface area contributed by atoms with E-state index < -0.39 is 0 Å². The minimum absolute atomic E-state index is 0.371. The van der Waals surface area contributed by atoms with Gasteiger partial charge in [0.25, 0.3) is 0 Å². The van der Waals surface area contributed by atoms with Gasteiger partial charge in [-0.25, -0.2) is 0 Å². The predicted molar refractivity (Wildman–Crippen MR) is 89.9 cm³/mol. The van der Waals surface area contributed by atoms with Gasteiger partial charge in [0, 0.05) is 16.9 Å². The number of ether oxygens (including phenoxy) is 1. The monoisotopic (exact) mass is 345 g/mol. The Labute approximate surface area is 134 Å². The van der Waals surface area contributed by atoms with Crippen LogP contribution in [0.4, 0.5) is 0 Å². The van der Waals surface area contributed by atoms with E-state index in [2.05, 4.69) is 70.6 Å². The molecule has 0 saturated carbocycles. The Balaban J connectivity index is 1.52. The highest BCUT2D eigenvalue weighted by Crippen LogP contribution is 2.26. The maximum atomic E-state index is 5.54. The third-order valence-corrected chi connectivity index (χ3v) is 4.52. The highest BCUT2D eigenvalue weighted by Gasteiger charge is 2.12. The summed E-state index contributed by atoms with van der Waals surface area (Å²) in [5.74, 6) is 1.06. The Morgan fingerprint density at radius 3 is 2.81 bits per heavy atom. The van der Waals surface area contributed by atoms with Crippen LogP contribution >= 0.6 is 15.9 Å². The van der Waals surface area contributed by atoms with E-state index in [0.717, 1.165) is 36.2 Å². The number of halogens is 1. The second-order valence-electron chi connectivity index (χ2n) is 5.52. The Kier molecular flexibility index (Phi) is 4.61. The number of rotatable bonds is 5. The second-order valence-corrected chi connectivity index (χ2v) is 6.43. The van der Waals surface area contributed by atoms with Gasteiger partial charge in [0.05, 0.1) is 6.61 Å². The average molecular weight is 346 g/mol. The molecule has 0 fully saturated rings. The molecule has 1 heterocycles. The van der Waals surface area contributed by atoms with E-state index in [-0.39, 0.29) is 0 Å². The van der Waals surface area contributed by atoms with Gasteiger partial charge in [0.15, 0.2) is 0 Å². The third-order valence-electron chi connectivity index (χ3n) is 3.99. The summed E-state index contributed by atoms with van der Waals surface area (Å²) < 4.78 is 6.67. The Morgan fingerprint density at radius 1 is 1.19 bits per heavy atom. The van der Waals surface area contributed by atoms with Crippen LogP contribution in [0, 0.1) is 0 Å². The number of hydrogen-bond acceptors (Lipinski definition) is 2. The molecule has 1 aliphatic rings. The van der Waals surface area contributed by atoms with Crippen molar-refractivity contribution in [3.8, 4) is 5.75 Å². The van der Waals surface area contributed by atoms with Gasteiger partial charge in [-0.15, -0.1) is 0 Å². The summed E-state index contributed by atoms with van der Waals surface area (Å²) >= 11 is 3.47. The minimum atomic E-state index is 0.371. The normalized spacial score (nSPS) is 14.6. The number of fused-ring (bicyclic) bond motifs is 1. The standard InChI is InChI=1S/C18H20BrNO/c1-13(15-3-5-17(19)6-4-15)20-10-8-14-2-7-18-16(12-14)9-11-21-18/h2-7,12-13,20H,8-11H2,1H3. The van der Waals surface area contributed by atoms with Gasteiger partial charge >= 0.3 is 0 Å². The first-order valence-electron chi connectivity index (χ1n) is 7.46. The lowest BCUT2D eigenvalue weighted by Crippen LogP contribution is -2.21. The SMILES string of the molecule is CC(NCCc1ccc2c(c1)CCO2)c1ccc(Br)cc1. The summed E-state index contributed by atoms with van der Waals surface area (Å²) in [4.78, 5) is 0.